The maximum Gasteiger partial charge on any atom is 0.261 e. The van der Waals surface area contributed by atoms with E-state index in [0.717, 1.165) is 0 Å². The van der Waals surface area contributed by atoms with Gasteiger partial charge in [-0.05, 0) is 184 Å². The Balaban J connectivity index is 1.01. The lowest BCUT2D eigenvalue weighted by molar-refractivity contribution is 0.0603. The summed E-state index contributed by atoms with van der Waals surface area (Å²) in [7, 11) is 0. The molecule has 4 amide bonds. The third-order valence-corrected chi connectivity index (χ3v) is 16.1. The van der Waals surface area contributed by atoms with Crippen LogP contribution < -0.4 is 37.9 Å². The predicted molar refractivity (Wildman–Crippen MR) is 336 cm³/mol. The molecule has 0 N–H and O–H groups in total. The molecule has 90 heavy (non-hydrogen) atoms. The fourth-order valence-corrected chi connectivity index (χ4v) is 11.8. The minimum atomic E-state index is -0.548. The molecule has 4 aromatic heterocycles. The summed E-state index contributed by atoms with van der Waals surface area (Å²) in [4.78, 5) is 63.0. The van der Waals surface area contributed by atoms with Gasteiger partial charge in [0.1, 0.15) is 69.0 Å². The predicted octanol–water partition coefficient (Wildman–Crippen LogP) is 15.5. The molecule has 0 bridgehead atoms. The largest absolute Gasteiger partial charge is 0.473 e. The van der Waals surface area contributed by atoms with Crippen molar-refractivity contribution < 1.29 is 57.1 Å². The van der Waals surface area contributed by atoms with E-state index in [1.807, 2.05) is 116 Å². The van der Waals surface area contributed by atoms with Gasteiger partial charge in [-0.25, -0.2) is 0 Å². The Bertz CT molecular complexity index is 4250. The Morgan fingerprint density at radius 2 is 0.467 bits per heavy atom. The molecule has 0 spiro atoms. The van der Waals surface area contributed by atoms with Crippen molar-refractivity contribution in [3.63, 3.8) is 0 Å². The zero-order chi connectivity index (χ0) is 61.0. The Hall–Kier alpha value is -11.9. The number of rotatable bonds is 22. The summed E-state index contributed by atoms with van der Waals surface area (Å²) in [5, 5.41) is 2.86. The molecule has 2 aliphatic heterocycles. The zero-order valence-electron chi connectivity index (χ0n) is 48.6. The van der Waals surface area contributed by atoms with Gasteiger partial charge in [0.2, 0.25) is 0 Å². The van der Waals surface area contributed by atoms with Crippen molar-refractivity contribution in [2.75, 3.05) is 13.1 Å². The number of hydrogen-bond acceptors (Lipinski definition) is 12. The van der Waals surface area contributed by atoms with Gasteiger partial charge in [-0.3, -0.25) is 29.0 Å². The van der Waals surface area contributed by atoms with Crippen LogP contribution in [0.5, 0.6) is 69.0 Å². The second-order valence-corrected chi connectivity index (χ2v) is 21.6. The highest BCUT2D eigenvalue weighted by Gasteiger charge is 2.41. The first-order valence-electron chi connectivity index (χ1n) is 29.3. The molecule has 0 unspecified atom stereocenters. The lowest BCUT2D eigenvalue weighted by atomic mass is 9.80. The molecule has 9 aromatic carbocycles. The van der Waals surface area contributed by atoms with Crippen LogP contribution in [0.2, 0.25) is 0 Å². The van der Waals surface area contributed by atoms with Gasteiger partial charge in [0.05, 0.1) is 22.3 Å². The highest BCUT2D eigenvalue weighted by atomic mass is 16.5. The number of ether oxygens (including phenoxy) is 8. The summed E-state index contributed by atoms with van der Waals surface area (Å²) < 4.78 is 60.6. The van der Waals surface area contributed by atoms with Gasteiger partial charge < -0.3 is 56.2 Å². The van der Waals surface area contributed by atoms with E-state index in [-0.39, 0.29) is 85.3 Å². The van der Waals surface area contributed by atoms with Crippen LogP contribution in [-0.4, -0.2) is 64.8 Å². The number of benzene rings is 9. The summed E-state index contributed by atoms with van der Waals surface area (Å²) in [5.74, 6) is 2.27. The maximum atomic E-state index is 15.2. The molecule has 15 rings (SSSR count). The molecule has 0 saturated heterocycles. The van der Waals surface area contributed by atoms with E-state index < -0.39 is 23.6 Å². The molecule has 13 aromatic rings. The standard InChI is InChI=1S/C72H54N6O12/c1-3-77-69(79)53-37-57(87-49-21-13-45(14-22-49)83-41-73-29-5-6-30-73)63-65-59(89-51-25-17-47(18-26-51)85-43-75-33-9-10-34-75)39-55-62-56(72(82)78(4-2)71(55)81)40-60(90-52-27-19-48(20-28-52)86-44-76-35-11-12-36-76)66(68(62)65)64-58(38-54(70(77)80)61(53)67(63)64)88-50-23-15-46(16-24-50)84-42-74-31-7-8-32-74/h5-40H,3-4,41-44H2,1-2H3. The molecule has 444 valence electrons. The third kappa shape index (κ3) is 9.91. The summed E-state index contributed by atoms with van der Waals surface area (Å²) in [6.45, 7) is 4.66. The SMILES string of the molecule is CCN1C(=O)c2cc(Oc3ccc(OCn4cccc4)cc3)c3c4c(Oc5ccc(OCn6cccc6)cc5)cc5c6c(cc(Oc7ccc(OCn8cccc8)cc7)c(c7c(Oc8ccc(OCn9cccc9)cc8)cc(c2c37)C1=O)c64)C(=O)N(CC)C5=O. The molecule has 2 aliphatic rings. The number of hydrogen-bond donors (Lipinski definition) is 0. The molecule has 18 nitrogen and oxygen atoms in total. The van der Waals surface area contributed by atoms with Crippen LogP contribution in [-0.2, 0) is 26.9 Å². The van der Waals surface area contributed by atoms with E-state index in [1.54, 1.807) is 135 Å². The van der Waals surface area contributed by atoms with Gasteiger partial charge in [-0.1, -0.05) is 0 Å². The second kappa shape index (κ2) is 22.7. The normalized spacial score (nSPS) is 12.9. The van der Waals surface area contributed by atoms with Crippen LogP contribution in [0.1, 0.15) is 55.3 Å². The van der Waals surface area contributed by atoms with E-state index in [1.165, 1.54) is 9.80 Å². The van der Waals surface area contributed by atoms with E-state index >= 15 is 19.2 Å². The summed E-state index contributed by atoms with van der Waals surface area (Å²) in [6.07, 6.45) is 15.2. The van der Waals surface area contributed by atoms with Gasteiger partial charge in [0, 0.05) is 106 Å². The van der Waals surface area contributed by atoms with Crippen LogP contribution in [0.4, 0.5) is 0 Å². The van der Waals surface area contributed by atoms with Crippen molar-refractivity contribution in [3.05, 3.63) is 242 Å². The zero-order valence-corrected chi connectivity index (χ0v) is 48.6. The molecule has 0 aliphatic carbocycles. The van der Waals surface area contributed by atoms with Crippen molar-refractivity contribution in [1.29, 1.82) is 0 Å². The van der Waals surface area contributed by atoms with E-state index in [9.17, 15) is 0 Å². The molecule has 18 heteroatoms. The first-order valence-corrected chi connectivity index (χ1v) is 29.3. The number of aromatic nitrogens is 4. The lowest BCUT2D eigenvalue weighted by Gasteiger charge is -2.32. The van der Waals surface area contributed by atoms with E-state index in [2.05, 4.69) is 0 Å². The number of fused-ring (bicyclic) bond motifs is 2. The van der Waals surface area contributed by atoms with Gasteiger partial charge in [0.15, 0.2) is 26.9 Å². The molecule has 0 fully saturated rings. The molecule has 0 atom stereocenters. The summed E-state index contributed by atoms with van der Waals surface area (Å²) in [6, 6.07) is 50.3. The monoisotopic (exact) mass is 1190 g/mol. The van der Waals surface area contributed by atoms with Crippen molar-refractivity contribution in [2.45, 2.75) is 40.8 Å². The Kier molecular flexibility index (Phi) is 13.8. The fourth-order valence-electron chi connectivity index (χ4n) is 11.8. The number of nitrogens with zero attached hydrogens (tertiary/aromatic N) is 6. The first-order chi connectivity index (χ1) is 44.1. The average molecular weight is 1200 g/mol. The highest BCUT2D eigenvalue weighted by molar-refractivity contribution is 6.44. The second-order valence-electron chi connectivity index (χ2n) is 21.6. The average Bonchev–Trinajstić information content (AvgIpc) is 1.05. The van der Waals surface area contributed by atoms with Gasteiger partial charge in [-0.15, -0.1) is 0 Å². The van der Waals surface area contributed by atoms with E-state index in [4.69, 9.17) is 37.9 Å². The highest BCUT2D eigenvalue weighted by Crippen LogP contribution is 2.58. The molecule has 0 saturated carbocycles. The lowest BCUT2D eigenvalue weighted by Crippen LogP contribution is -2.40. The van der Waals surface area contributed by atoms with Crippen molar-refractivity contribution >= 4 is 66.7 Å². The number of carbonyl (C=O) groups is 4. The van der Waals surface area contributed by atoms with Crippen LogP contribution in [0.3, 0.4) is 0 Å². The fraction of sp³-hybridized carbons (Fsp3) is 0.111. The summed E-state index contributed by atoms with van der Waals surface area (Å²) in [5.41, 5.74) is 0.714. The minimum Gasteiger partial charge on any atom is -0.473 e. The number of amides is 4. The van der Waals surface area contributed by atoms with Crippen LogP contribution in [0, 0.1) is 0 Å². The molecule has 0 radical (unpaired) electrons. The van der Waals surface area contributed by atoms with Gasteiger partial charge in [0.25, 0.3) is 23.6 Å². The quantitative estimate of drug-likeness (QED) is 0.0358. The van der Waals surface area contributed by atoms with Crippen molar-refractivity contribution in [1.82, 2.24) is 28.1 Å². The van der Waals surface area contributed by atoms with Crippen molar-refractivity contribution in [3.8, 4) is 69.0 Å². The smallest absolute Gasteiger partial charge is 0.261 e. The van der Waals surface area contributed by atoms with E-state index in [0.29, 0.717) is 89.1 Å². The maximum absolute atomic E-state index is 15.2. The number of carbonyl (C=O) groups excluding carboxylic acids is 4. The van der Waals surface area contributed by atoms with Gasteiger partial charge >= 0.3 is 0 Å². The Morgan fingerprint density at radius 1 is 0.267 bits per heavy atom. The van der Waals surface area contributed by atoms with Crippen LogP contribution in [0.15, 0.2) is 219 Å². The van der Waals surface area contributed by atoms with Crippen LogP contribution >= 0.6 is 0 Å². The molecular weight excluding hydrogens is 1140 g/mol. The summed E-state index contributed by atoms with van der Waals surface area (Å²) >= 11 is 0. The Morgan fingerprint density at radius 3 is 0.667 bits per heavy atom. The van der Waals surface area contributed by atoms with Crippen LogP contribution in [0.25, 0.3) is 43.1 Å². The molecular formula is C72H54N6O12. The first kappa shape index (κ1) is 54.7. The topological polar surface area (TPSA) is 168 Å². The third-order valence-electron chi connectivity index (χ3n) is 16.1. The Labute approximate surface area is 514 Å². The number of imide groups is 2. The van der Waals surface area contributed by atoms with Gasteiger partial charge in [-0.2, -0.15) is 0 Å². The van der Waals surface area contributed by atoms with Crippen molar-refractivity contribution in [2.24, 2.45) is 0 Å². The minimum absolute atomic E-state index is 0.0519. The molecule has 6 heterocycles.